The molecule has 1 aromatic rings. The summed E-state index contributed by atoms with van der Waals surface area (Å²) in [4.78, 5) is 10.0. The van der Waals surface area contributed by atoms with Crippen LogP contribution in [-0.4, -0.2) is 11.4 Å². The summed E-state index contributed by atoms with van der Waals surface area (Å²) in [7, 11) is 0. The van der Waals surface area contributed by atoms with Crippen molar-refractivity contribution in [3.05, 3.63) is 35.4 Å². The van der Waals surface area contributed by atoms with Crippen molar-refractivity contribution in [2.75, 3.05) is 0 Å². The van der Waals surface area contributed by atoms with Gasteiger partial charge < -0.3 is 9.90 Å². The fourth-order valence-electron chi connectivity index (χ4n) is 0.822. The minimum absolute atomic E-state index is 0.137. The molecule has 0 aliphatic rings. The summed E-state index contributed by atoms with van der Waals surface area (Å²) in [5.41, 5.74) is -0.343. The molecule has 0 heterocycles. The molecule has 2 nitrogen and oxygen atoms in total. The Bertz CT molecular complexity index is 299. The van der Waals surface area contributed by atoms with Gasteiger partial charge in [-0.3, -0.25) is 0 Å². The Hall–Kier alpha value is -1.29. The summed E-state index contributed by atoms with van der Waals surface area (Å²) in [6, 6.07) is 3.29. The molecule has 0 bridgehead atoms. The molecule has 0 saturated carbocycles. The van der Waals surface area contributed by atoms with Crippen LogP contribution < -0.4 is 0 Å². The van der Waals surface area contributed by atoms with E-state index in [2.05, 4.69) is 0 Å². The van der Waals surface area contributed by atoms with Crippen molar-refractivity contribution in [3.8, 4) is 0 Å². The van der Waals surface area contributed by atoms with E-state index in [0.29, 0.717) is 0 Å². The number of hydrogen-bond acceptors (Lipinski definition) is 2. The zero-order valence-corrected chi connectivity index (χ0v) is 6.00. The molecule has 0 fully saturated rings. The molecule has 4 heteroatoms. The molecule has 0 amide bonds. The number of benzene rings is 1. The lowest BCUT2D eigenvalue weighted by Gasteiger charge is -2.04. The van der Waals surface area contributed by atoms with Gasteiger partial charge in [0.1, 0.15) is 6.10 Å². The fraction of sp³-hybridized carbons (Fsp3) is 0.125. The van der Waals surface area contributed by atoms with E-state index in [1.807, 2.05) is 0 Å². The van der Waals surface area contributed by atoms with Crippen molar-refractivity contribution in [2.24, 2.45) is 0 Å². The SMILES string of the molecule is O=CC(O)c1cccc(F)c1F. The van der Waals surface area contributed by atoms with Crippen molar-refractivity contribution in [1.82, 2.24) is 0 Å². The number of halogens is 2. The predicted molar refractivity (Wildman–Crippen MR) is 37.4 cm³/mol. The third-order valence-electron chi connectivity index (χ3n) is 1.43. The number of aldehydes is 1. The highest BCUT2D eigenvalue weighted by Crippen LogP contribution is 2.17. The average Bonchev–Trinajstić information content (AvgIpc) is 2.08. The topological polar surface area (TPSA) is 37.3 Å². The van der Waals surface area contributed by atoms with Crippen LogP contribution in [0.2, 0.25) is 0 Å². The molecular weight excluding hydrogens is 166 g/mol. The number of hydrogen-bond donors (Lipinski definition) is 1. The van der Waals surface area contributed by atoms with Crippen LogP contribution in [-0.2, 0) is 4.79 Å². The van der Waals surface area contributed by atoms with Crippen LogP contribution in [0, 0.1) is 11.6 Å². The Morgan fingerprint density at radius 3 is 2.67 bits per heavy atom. The third-order valence-corrected chi connectivity index (χ3v) is 1.43. The van der Waals surface area contributed by atoms with Gasteiger partial charge in [0.25, 0.3) is 0 Å². The molecule has 1 rings (SSSR count). The summed E-state index contributed by atoms with van der Waals surface area (Å²) in [6.07, 6.45) is -1.46. The zero-order chi connectivity index (χ0) is 9.14. The van der Waals surface area contributed by atoms with Crippen molar-refractivity contribution >= 4 is 6.29 Å². The Morgan fingerprint density at radius 1 is 1.42 bits per heavy atom. The van der Waals surface area contributed by atoms with E-state index < -0.39 is 17.7 Å². The molecule has 0 aliphatic heterocycles. The Labute approximate surface area is 67.4 Å². The maximum atomic E-state index is 12.7. The van der Waals surface area contributed by atoms with Crippen molar-refractivity contribution in [3.63, 3.8) is 0 Å². The molecule has 1 atom stereocenters. The zero-order valence-electron chi connectivity index (χ0n) is 6.00. The van der Waals surface area contributed by atoms with Crippen LogP contribution in [0.25, 0.3) is 0 Å². The Morgan fingerprint density at radius 2 is 2.08 bits per heavy atom. The van der Waals surface area contributed by atoms with E-state index in [-0.39, 0.29) is 11.8 Å². The molecule has 1 unspecified atom stereocenters. The largest absolute Gasteiger partial charge is 0.381 e. The molecule has 12 heavy (non-hydrogen) atoms. The number of carbonyl (C=O) groups is 1. The highest BCUT2D eigenvalue weighted by Gasteiger charge is 2.14. The maximum absolute atomic E-state index is 12.7. The van der Waals surface area contributed by atoms with E-state index >= 15 is 0 Å². The summed E-state index contributed by atoms with van der Waals surface area (Å²) >= 11 is 0. The first kappa shape index (κ1) is 8.80. The van der Waals surface area contributed by atoms with Crippen LogP contribution >= 0.6 is 0 Å². The fourth-order valence-corrected chi connectivity index (χ4v) is 0.822. The first-order chi connectivity index (χ1) is 5.66. The quantitative estimate of drug-likeness (QED) is 0.680. The number of rotatable bonds is 2. The molecular formula is C8H6F2O2. The second-order valence-corrected chi connectivity index (χ2v) is 2.22. The monoisotopic (exact) mass is 172 g/mol. The first-order valence-electron chi connectivity index (χ1n) is 3.24. The number of aliphatic hydroxyl groups excluding tert-OH is 1. The van der Waals surface area contributed by atoms with Gasteiger partial charge >= 0.3 is 0 Å². The molecule has 0 radical (unpaired) electrons. The van der Waals surface area contributed by atoms with Crippen LogP contribution in [0.5, 0.6) is 0 Å². The Kier molecular flexibility index (Phi) is 2.50. The molecule has 0 saturated heterocycles. The van der Waals surface area contributed by atoms with Gasteiger partial charge in [0.15, 0.2) is 17.9 Å². The molecule has 0 spiro atoms. The Balaban J connectivity index is 3.15. The number of carbonyl (C=O) groups excluding carboxylic acids is 1. The summed E-state index contributed by atoms with van der Waals surface area (Å²) in [5.74, 6) is -2.26. The van der Waals surface area contributed by atoms with Crippen LogP contribution in [0.15, 0.2) is 18.2 Å². The van der Waals surface area contributed by atoms with Gasteiger partial charge in [-0.05, 0) is 6.07 Å². The molecule has 64 valence electrons. The summed E-state index contributed by atoms with van der Waals surface area (Å²) < 4.78 is 25.2. The van der Waals surface area contributed by atoms with Crippen LogP contribution in [0.4, 0.5) is 8.78 Å². The van der Waals surface area contributed by atoms with E-state index in [4.69, 9.17) is 5.11 Å². The lowest BCUT2D eigenvalue weighted by atomic mass is 10.1. The molecule has 1 aromatic carbocycles. The standard InChI is InChI=1S/C8H6F2O2/c9-6-3-1-2-5(8(6)10)7(12)4-11/h1-4,7,12H. The van der Waals surface area contributed by atoms with E-state index in [9.17, 15) is 13.6 Å². The second-order valence-electron chi connectivity index (χ2n) is 2.22. The van der Waals surface area contributed by atoms with Crippen molar-refractivity contribution in [1.29, 1.82) is 0 Å². The van der Waals surface area contributed by atoms with E-state index in [1.165, 1.54) is 6.07 Å². The second kappa shape index (κ2) is 3.40. The minimum Gasteiger partial charge on any atom is -0.381 e. The van der Waals surface area contributed by atoms with E-state index in [0.717, 1.165) is 12.1 Å². The highest BCUT2D eigenvalue weighted by molar-refractivity contribution is 5.59. The van der Waals surface area contributed by atoms with Gasteiger partial charge in [-0.15, -0.1) is 0 Å². The minimum atomic E-state index is -1.60. The van der Waals surface area contributed by atoms with Gasteiger partial charge in [0, 0.05) is 5.56 Å². The average molecular weight is 172 g/mol. The smallest absolute Gasteiger partial charge is 0.165 e. The normalized spacial score (nSPS) is 12.6. The lowest BCUT2D eigenvalue weighted by Crippen LogP contribution is -2.02. The number of aliphatic hydroxyl groups is 1. The van der Waals surface area contributed by atoms with Gasteiger partial charge in [-0.2, -0.15) is 0 Å². The van der Waals surface area contributed by atoms with Crippen molar-refractivity contribution < 1.29 is 18.7 Å². The van der Waals surface area contributed by atoms with Crippen LogP contribution in [0.1, 0.15) is 11.7 Å². The first-order valence-corrected chi connectivity index (χ1v) is 3.24. The van der Waals surface area contributed by atoms with Crippen LogP contribution in [0.3, 0.4) is 0 Å². The van der Waals surface area contributed by atoms with Gasteiger partial charge in [0.05, 0.1) is 0 Å². The van der Waals surface area contributed by atoms with Gasteiger partial charge in [-0.25, -0.2) is 8.78 Å². The molecule has 0 aliphatic carbocycles. The molecule has 0 aromatic heterocycles. The predicted octanol–water partition coefficient (Wildman–Crippen LogP) is 1.20. The van der Waals surface area contributed by atoms with Gasteiger partial charge in [0.2, 0.25) is 0 Å². The lowest BCUT2D eigenvalue weighted by molar-refractivity contribution is -0.115. The maximum Gasteiger partial charge on any atom is 0.165 e. The van der Waals surface area contributed by atoms with Crippen molar-refractivity contribution in [2.45, 2.75) is 6.10 Å². The molecule has 1 N–H and O–H groups in total. The third kappa shape index (κ3) is 1.48. The van der Waals surface area contributed by atoms with E-state index in [1.54, 1.807) is 0 Å². The summed E-state index contributed by atoms with van der Waals surface area (Å²) in [6.45, 7) is 0. The summed E-state index contributed by atoms with van der Waals surface area (Å²) in [5, 5.41) is 8.86. The van der Waals surface area contributed by atoms with Gasteiger partial charge in [-0.1, -0.05) is 12.1 Å². The highest BCUT2D eigenvalue weighted by atomic mass is 19.2.